The van der Waals surface area contributed by atoms with Crippen molar-refractivity contribution >= 4 is 85.8 Å². The molecule has 0 saturated carbocycles. The second-order valence-electron chi connectivity index (χ2n) is 18.8. The van der Waals surface area contributed by atoms with Gasteiger partial charge < -0.3 is 14.7 Å². The Labute approximate surface area is 402 Å². The highest BCUT2D eigenvalue weighted by atomic mass is 31.1. The summed E-state index contributed by atoms with van der Waals surface area (Å²) in [7, 11) is -0.966. The summed E-state index contributed by atoms with van der Waals surface area (Å²) in [5.41, 5.74) is 23.7. The fourth-order valence-electron chi connectivity index (χ4n) is 13.0. The number of hydrogen-bond donors (Lipinski definition) is 0. The Morgan fingerprint density at radius 2 is 0.696 bits per heavy atom. The van der Waals surface area contributed by atoms with Crippen LogP contribution in [0.4, 0.5) is 51.2 Å². The topological polar surface area (TPSA) is 9.72 Å². The zero-order valence-corrected chi connectivity index (χ0v) is 38.3. The molecule has 3 nitrogen and oxygen atoms in total. The first-order valence-electron chi connectivity index (χ1n) is 23.9. The molecule has 0 saturated heterocycles. The number of anilines is 9. The quantitative estimate of drug-likeness (QED) is 0.163. The molecule has 0 amide bonds. The average Bonchev–Trinajstić information content (AvgIpc) is 3.89. The van der Waals surface area contributed by atoms with Crippen LogP contribution in [-0.2, 0) is 5.41 Å². The first-order valence-corrected chi connectivity index (χ1v) is 25.3. The van der Waals surface area contributed by atoms with Crippen molar-refractivity contribution in [3.63, 3.8) is 0 Å². The van der Waals surface area contributed by atoms with Crippen molar-refractivity contribution in [1.29, 1.82) is 0 Å². The Kier molecular flexibility index (Phi) is 7.52. The van der Waals surface area contributed by atoms with Crippen molar-refractivity contribution < 1.29 is 0 Å². The fourth-order valence-corrected chi connectivity index (χ4v) is 16.0. The Morgan fingerprint density at radius 1 is 0.290 bits per heavy atom. The van der Waals surface area contributed by atoms with Crippen molar-refractivity contribution in [3.8, 4) is 33.4 Å². The maximum Gasteiger partial charge on any atom is 0.0731 e. The second kappa shape index (κ2) is 13.8. The Bertz CT molecular complexity index is 3810. The van der Waals surface area contributed by atoms with Gasteiger partial charge in [-0.25, -0.2) is 0 Å². The number of nitrogens with zero attached hydrogens (tertiary/aromatic N) is 3. The van der Waals surface area contributed by atoms with E-state index in [1.54, 1.807) is 0 Å². The van der Waals surface area contributed by atoms with E-state index in [-0.39, 0.29) is 0 Å². The summed E-state index contributed by atoms with van der Waals surface area (Å²) in [5.74, 6) is 0. The molecule has 0 aromatic heterocycles. The summed E-state index contributed by atoms with van der Waals surface area (Å²) in [6.07, 6.45) is 0. The predicted octanol–water partition coefficient (Wildman–Crippen LogP) is 16.0. The first-order chi connectivity index (χ1) is 34.3. The molecule has 0 atom stereocenters. The lowest BCUT2D eigenvalue weighted by molar-refractivity contribution is 0.801. The van der Waals surface area contributed by atoms with E-state index in [9.17, 15) is 0 Å². The molecule has 320 valence electrons. The molecule has 11 aromatic carbocycles. The number of fused-ring (bicyclic) bond motifs is 12. The lowest BCUT2D eigenvalue weighted by Crippen LogP contribution is -2.45. The third-order valence-corrected chi connectivity index (χ3v) is 18.2. The van der Waals surface area contributed by atoms with Crippen LogP contribution in [0.15, 0.2) is 243 Å². The van der Waals surface area contributed by atoms with E-state index >= 15 is 0 Å². The minimum Gasteiger partial charge on any atom is -0.309 e. The van der Waals surface area contributed by atoms with Crippen molar-refractivity contribution in [1.82, 2.24) is 0 Å². The van der Waals surface area contributed by atoms with Crippen LogP contribution >= 0.6 is 7.92 Å². The molecular formula is C65H40N3P. The maximum absolute atomic E-state index is 2.55. The van der Waals surface area contributed by atoms with Gasteiger partial charge in [0.25, 0.3) is 0 Å². The lowest BCUT2D eigenvalue weighted by Gasteiger charge is -2.50. The van der Waals surface area contributed by atoms with Gasteiger partial charge in [-0.15, -0.1) is 0 Å². The van der Waals surface area contributed by atoms with Gasteiger partial charge in [0.15, 0.2) is 0 Å². The van der Waals surface area contributed by atoms with Gasteiger partial charge in [-0.05, 0) is 145 Å². The van der Waals surface area contributed by atoms with Gasteiger partial charge in [-0.3, -0.25) is 0 Å². The smallest absolute Gasteiger partial charge is 0.0731 e. The molecule has 0 radical (unpaired) electrons. The predicted molar refractivity (Wildman–Crippen MR) is 289 cm³/mol. The van der Waals surface area contributed by atoms with Crippen LogP contribution in [0.1, 0.15) is 22.3 Å². The largest absolute Gasteiger partial charge is 0.309 e. The zero-order chi connectivity index (χ0) is 45.0. The van der Waals surface area contributed by atoms with Crippen LogP contribution in [0.5, 0.6) is 0 Å². The van der Waals surface area contributed by atoms with Crippen LogP contribution < -0.4 is 30.6 Å². The summed E-state index contributed by atoms with van der Waals surface area (Å²) in [6.45, 7) is 0. The number of para-hydroxylation sites is 3. The molecule has 69 heavy (non-hydrogen) atoms. The van der Waals surface area contributed by atoms with E-state index in [1.165, 1.54) is 116 Å². The standard InChI is InChI=1S/C65H40N3P/c1-4-18-44(19-5-1)66-55-30-16-32-57-62(55)69-63-56(66)31-17-33-58(63)68(46-22-8-3-9-23-46)60-40-43(39-59(64(60)69)67(57)45-20-6-2-7-21-45)41-34-36-47-42(38-41)35-37-51-50-26-12-15-29-54(50)65(61(47)51)52-27-13-10-24-48(52)49-25-11-14-28-53(49)65/h1-40H. The van der Waals surface area contributed by atoms with E-state index in [0.717, 1.165) is 17.1 Å². The first kappa shape index (κ1) is 37.6. The van der Waals surface area contributed by atoms with Crippen molar-refractivity contribution in [2.75, 3.05) is 14.7 Å². The van der Waals surface area contributed by atoms with Gasteiger partial charge in [-0.2, -0.15) is 0 Å². The van der Waals surface area contributed by atoms with E-state index in [1.807, 2.05) is 0 Å². The molecule has 3 heterocycles. The fraction of sp³-hybridized carbons (Fsp3) is 0.0154. The van der Waals surface area contributed by atoms with E-state index in [4.69, 9.17) is 0 Å². The summed E-state index contributed by atoms with van der Waals surface area (Å²) >= 11 is 0. The molecule has 3 aliphatic heterocycles. The van der Waals surface area contributed by atoms with Crippen molar-refractivity contribution in [2.45, 2.75) is 5.41 Å². The minimum absolute atomic E-state index is 0.417. The van der Waals surface area contributed by atoms with E-state index in [0.29, 0.717) is 0 Å². The highest BCUT2D eigenvalue weighted by molar-refractivity contribution is 7.82. The molecule has 0 fully saturated rings. The van der Waals surface area contributed by atoms with Gasteiger partial charge in [0.2, 0.25) is 0 Å². The van der Waals surface area contributed by atoms with Crippen LogP contribution in [0.2, 0.25) is 0 Å². The maximum atomic E-state index is 2.55. The zero-order valence-electron chi connectivity index (χ0n) is 37.4. The van der Waals surface area contributed by atoms with Gasteiger partial charge in [-0.1, -0.05) is 164 Å². The minimum atomic E-state index is -0.966. The summed E-state index contributed by atoms with van der Waals surface area (Å²) < 4.78 is 0. The molecule has 1 spiro atoms. The Morgan fingerprint density at radius 3 is 1.17 bits per heavy atom. The Hall–Kier alpha value is -8.49. The Balaban J connectivity index is 0.968. The molecule has 4 heteroatoms. The second-order valence-corrected chi connectivity index (χ2v) is 20.8. The molecule has 0 N–H and O–H groups in total. The number of hydrogen-bond acceptors (Lipinski definition) is 3. The molecule has 5 aliphatic rings. The number of rotatable bonds is 4. The SMILES string of the molecule is c1ccc(N2c3cccc4c3P3c5c2cccc5N(c2ccccc2)c2cc(-c5ccc6c7c(ccc6c5)-c5ccccc5C75c6ccccc6-c6ccccc65)cc(c23)N4c2ccccc2)cc1. The third-order valence-electron chi connectivity index (χ3n) is 15.5. The molecule has 2 aliphatic carbocycles. The van der Waals surface area contributed by atoms with E-state index < -0.39 is 13.3 Å². The lowest BCUT2D eigenvalue weighted by atomic mass is 9.69. The highest BCUT2D eigenvalue weighted by Crippen LogP contribution is 2.66. The normalized spacial score (nSPS) is 14.6. The van der Waals surface area contributed by atoms with Gasteiger partial charge in [0.1, 0.15) is 0 Å². The average molecular weight is 894 g/mol. The molecule has 0 unspecified atom stereocenters. The van der Waals surface area contributed by atoms with Crippen LogP contribution in [-0.4, -0.2) is 0 Å². The molecule has 16 rings (SSSR count). The van der Waals surface area contributed by atoms with E-state index in [2.05, 4.69) is 257 Å². The van der Waals surface area contributed by atoms with Crippen LogP contribution in [0, 0.1) is 0 Å². The number of benzene rings is 11. The van der Waals surface area contributed by atoms with Crippen molar-refractivity contribution in [3.05, 3.63) is 265 Å². The van der Waals surface area contributed by atoms with Gasteiger partial charge in [0, 0.05) is 40.9 Å². The molecular weight excluding hydrogens is 854 g/mol. The van der Waals surface area contributed by atoms with Gasteiger partial charge >= 0.3 is 0 Å². The van der Waals surface area contributed by atoms with Crippen LogP contribution in [0.3, 0.4) is 0 Å². The third kappa shape index (κ3) is 4.80. The van der Waals surface area contributed by atoms with Crippen LogP contribution in [0.25, 0.3) is 44.2 Å². The highest BCUT2D eigenvalue weighted by Gasteiger charge is 2.52. The molecule has 11 aromatic rings. The summed E-state index contributed by atoms with van der Waals surface area (Å²) in [6, 6.07) is 91.3. The van der Waals surface area contributed by atoms with Crippen molar-refractivity contribution in [2.24, 2.45) is 0 Å². The molecule has 0 bridgehead atoms. The monoisotopic (exact) mass is 893 g/mol. The summed E-state index contributed by atoms with van der Waals surface area (Å²) in [5, 5.41) is 6.74. The van der Waals surface area contributed by atoms with Gasteiger partial charge in [0.05, 0.1) is 39.5 Å². The summed E-state index contributed by atoms with van der Waals surface area (Å²) in [4.78, 5) is 7.61.